The fourth-order valence-corrected chi connectivity index (χ4v) is 1.76. The summed E-state index contributed by atoms with van der Waals surface area (Å²) >= 11 is 9.65. The van der Waals surface area contributed by atoms with E-state index >= 15 is 0 Å². The quantitative estimate of drug-likeness (QED) is 0.172. The van der Waals surface area contributed by atoms with E-state index in [4.69, 9.17) is 35.1 Å². The molecular weight excluding hydrogens is 301 g/mol. The summed E-state index contributed by atoms with van der Waals surface area (Å²) in [7, 11) is 0. The number of aliphatic hydroxyl groups excluding tert-OH is 5. The SMILES string of the molecule is CCCN(C[C@H](O)[C@@H](O)[C@H](O)[C@H](O)CO)C(=S)[S-].[Na+]. The average molecular weight is 321 g/mol. The van der Waals surface area contributed by atoms with E-state index in [0.29, 0.717) is 6.54 Å². The van der Waals surface area contributed by atoms with Crippen molar-refractivity contribution >= 4 is 29.2 Å². The summed E-state index contributed by atoms with van der Waals surface area (Å²) in [4.78, 5) is 1.52. The molecule has 0 radical (unpaired) electrons. The minimum atomic E-state index is -1.63. The molecule has 0 heterocycles. The molecule has 0 fully saturated rings. The van der Waals surface area contributed by atoms with Gasteiger partial charge in [-0.1, -0.05) is 11.2 Å². The van der Waals surface area contributed by atoms with Gasteiger partial charge in [-0.3, -0.25) is 0 Å². The Balaban J connectivity index is 0. The van der Waals surface area contributed by atoms with Crippen molar-refractivity contribution in [1.82, 2.24) is 4.90 Å². The van der Waals surface area contributed by atoms with Crippen molar-refractivity contribution in [1.29, 1.82) is 0 Å². The minimum Gasteiger partial charge on any atom is -0.411 e. The van der Waals surface area contributed by atoms with Gasteiger partial charge in [-0.25, -0.2) is 0 Å². The Kier molecular flexibility index (Phi) is 13.5. The Morgan fingerprint density at radius 1 is 1.16 bits per heavy atom. The van der Waals surface area contributed by atoms with Crippen LogP contribution in [0.4, 0.5) is 0 Å². The first-order valence-electron chi connectivity index (χ1n) is 5.64. The monoisotopic (exact) mass is 321 g/mol. The molecule has 4 atom stereocenters. The Bertz CT molecular complexity index is 262. The molecule has 0 aromatic heterocycles. The van der Waals surface area contributed by atoms with Crippen LogP contribution < -0.4 is 29.6 Å². The maximum absolute atomic E-state index is 9.73. The van der Waals surface area contributed by atoms with Gasteiger partial charge in [0.05, 0.1) is 12.7 Å². The van der Waals surface area contributed by atoms with Crippen LogP contribution in [-0.2, 0) is 12.6 Å². The summed E-state index contributed by atoms with van der Waals surface area (Å²) in [6, 6.07) is 0. The minimum absolute atomic E-state index is 0. The summed E-state index contributed by atoms with van der Waals surface area (Å²) in [6.07, 6.45) is -5.29. The molecule has 0 unspecified atom stereocenters. The third kappa shape index (κ3) is 8.05. The Morgan fingerprint density at radius 3 is 2.00 bits per heavy atom. The van der Waals surface area contributed by atoms with Crippen molar-refractivity contribution in [3.63, 3.8) is 0 Å². The summed E-state index contributed by atoms with van der Waals surface area (Å²) in [6.45, 7) is 1.70. The summed E-state index contributed by atoms with van der Waals surface area (Å²) < 4.78 is 0.167. The maximum atomic E-state index is 9.73. The molecule has 0 saturated carbocycles. The van der Waals surface area contributed by atoms with E-state index in [1.54, 1.807) is 0 Å². The smallest absolute Gasteiger partial charge is 0.411 e. The van der Waals surface area contributed by atoms with Gasteiger partial charge in [0.25, 0.3) is 0 Å². The van der Waals surface area contributed by atoms with Gasteiger partial charge in [0.2, 0.25) is 0 Å². The molecule has 0 aliphatic rings. The fraction of sp³-hybridized carbons (Fsp3) is 0.900. The molecule has 6 nitrogen and oxygen atoms in total. The first kappa shape index (κ1) is 22.2. The van der Waals surface area contributed by atoms with Crippen molar-refractivity contribution in [2.24, 2.45) is 0 Å². The van der Waals surface area contributed by atoms with Crippen LogP contribution in [0.25, 0.3) is 0 Å². The normalized spacial score (nSPS) is 16.9. The summed E-state index contributed by atoms with van der Waals surface area (Å²) in [5, 5.41) is 46.6. The van der Waals surface area contributed by atoms with Crippen LogP contribution in [-0.4, -0.2) is 78.9 Å². The second-order valence-electron chi connectivity index (χ2n) is 4.01. The fourth-order valence-electron chi connectivity index (χ4n) is 1.42. The molecule has 0 spiro atoms. The summed E-state index contributed by atoms with van der Waals surface area (Å²) in [5.74, 6) is 0. The predicted octanol–water partition coefficient (Wildman–Crippen LogP) is -5.03. The van der Waals surface area contributed by atoms with Crippen LogP contribution in [0, 0.1) is 0 Å². The van der Waals surface area contributed by atoms with Crippen molar-refractivity contribution in [2.75, 3.05) is 19.7 Å². The van der Waals surface area contributed by atoms with E-state index in [0.717, 1.165) is 6.42 Å². The molecule has 0 rings (SSSR count). The molecule has 0 aliphatic heterocycles. The largest absolute Gasteiger partial charge is 1.00 e. The number of hydrogen-bond acceptors (Lipinski definition) is 7. The van der Waals surface area contributed by atoms with Crippen LogP contribution >= 0.6 is 12.2 Å². The zero-order chi connectivity index (χ0) is 14.3. The third-order valence-electron chi connectivity index (χ3n) is 2.48. The molecule has 9 heteroatoms. The molecular formula is C10H20NNaO5S2. The third-order valence-corrected chi connectivity index (χ3v) is 3.00. The molecule has 5 N–H and O–H groups in total. The zero-order valence-electron chi connectivity index (χ0n) is 11.1. The number of rotatable bonds is 8. The second kappa shape index (κ2) is 11.6. The molecule has 0 bridgehead atoms. The molecule has 0 saturated heterocycles. The van der Waals surface area contributed by atoms with E-state index in [1.165, 1.54) is 4.90 Å². The van der Waals surface area contributed by atoms with Crippen LogP contribution in [0.15, 0.2) is 0 Å². The first-order chi connectivity index (χ1) is 8.34. The predicted molar refractivity (Wildman–Crippen MR) is 72.9 cm³/mol. The average Bonchev–Trinajstić information content (AvgIpc) is 2.34. The van der Waals surface area contributed by atoms with E-state index in [1.807, 2.05) is 6.92 Å². The van der Waals surface area contributed by atoms with E-state index in [-0.39, 0.29) is 40.4 Å². The van der Waals surface area contributed by atoms with E-state index < -0.39 is 31.0 Å². The maximum Gasteiger partial charge on any atom is 1.00 e. The van der Waals surface area contributed by atoms with Gasteiger partial charge >= 0.3 is 29.6 Å². The van der Waals surface area contributed by atoms with Gasteiger partial charge in [0.15, 0.2) is 0 Å². The van der Waals surface area contributed by atoms with Gasteiger partial charge in [-0.15, -0.1) is 0 Å². The van der Waals surface area contributed by atoms with Gasteiger partial charge < -0.3 is 55.3 Å². The molecule has 19 heavy (non-hydrogen) atoms. The molecule has 0 amide bonds. The van der Waals surface area contributed by atoms with Gasteiger partial charge in [0.1, 0.15) is 18.3 Å². The van der Waals surface area contributed by atoms with Crippen molar-refractivity contribution in [3.8, 4) is 0 Å². The molecule has 0 aromatic carbocycles. The summed E-state index contributed by atoms with van der Waals surface area (Å²) in [5.41, 5.74) is 0. The zero-order valence-corrected chi connectivity index (χ0v) is 14.8. The second-order valence-corrected chi connectivity index (χ2v) is 5.04. The molecule has 0 aliphatic carbocycles. The Morgan fingerprint density at radius 2 is 1.63 bits per heavy atom. The Labute approximate surface area is 146 Å². The van der Waals surface area contributed by atoms with E-state index in [9.17, 15) is 15.3 Å². The number of thiocarbonyl (C=S) groups is 1. The number of hydrogen-bond donors (Lipinski definition) is 5. The molecule has 0 aromatic rings. The van der Waals surface area contributed by atoms with Gasteiger partial charge in [-0.2, -0.15) is 0 Å². The van der Waals surface area contributed by atoms with Crippen molar-refractivity contribution in [2.45, 2.75) is 37.8 Å². The van der Waals surface area contributed by atoms with Gasteiger partial charge in [0, 0.05) is 13.1 Å². The Hall–Kier alpha value is 0.910. The van der Waals surface area contributed by atoms with Crippen molar-refractivity contribution in [3.05, 3.63) is 0 Å². The van der Waals surface area contributed by atoms with Gasteiger partial charge in [-0.05, 0) is 6.42 Å². The standard InChI is InChI=1S/C10H21NO5S2.Na/c1-2-3-11(10(17)18)4-6(13)8(15)9(16)7(14)5-12;/h6-9,12-16H,2-5H2,1H3,(H,17,18);/q;+1/p-1/t6-,7+,8+,9+;/m0./s1. The molecule has 108 valence electrons. The van der Waals surface area contributed by atoms with Crippen LogP contribution in [0.3, 0.4) is 0 Å². The van der Waals surface area contributed by atoms with E-state index in [2.05, 4.69) is 0 Å². The van der Waals surface area contributed by atoms with Crippen molar-refractivity contribution < 1.29 is 55.1 Å². The van der Waals surface area contributed by atoms with Crippen LogP contribution in [0.1, 0.15) is 13.3 Å². The van der Waals surface area contributed by atoms with Crippen LogP contribution in [0.2, 0.25) is 0 Å². The van der Waals surface area contributed by atoms with Crippen LogP contribution in [0.5, 0.6) is 0 Å². The first-order valence-corrected chi connectivity index (χ1v) is 6.45. The number of nitrogens with zero attached hydrogens (tertiary/aromatic N) is 1. The topological polar surface area (TPSA) is 104 Å². The number of aliphatic hydroxyl groups is 5.